The van der Waals surface area contributed by atoms with Crippen LogP contribution in [0.3, 0.4) is 0 Å². The minimum atomic E-state index is -0.493. The Morgan fingerprint density at radius 1 is 1.24 bits per heavy atom. The van der Waals surface area contributed by atoms with E-state index in [4.69, 9.17) is 4.74 Å². The molecule has 2 N–H and O–H groups in total. The highest BCUT2D eigenvalue weighted by Gasteiger charge is 2.16. The van der Waals surface area contributed by atoms with Gasteiger partial charge in [0.2, 0.25) is 0 Å². The molecule has 118 valence electrons. The third-order valence-electron chi connectivity index (χ3n) is 3.30. The van der Waals surface area contributed by atoms with Gasteiger partial charge in [0, 0.05) is 18.6 Å². The Bertz CT molecular complexity index is 446. The van der Waals surface area contributed by atoms with Crippen molar-refractivity contribution in [1.29, 1.82) is 0 Å². The third kappa shape index (κ3) is 6.63. The van der Waals surface area contributed by atoms with Crippen molar-refractivity contribution < 1.29 is 9.53 Å². The number of hydrogen-bond donors (Lipinski definition) is 2. The minimum absolute atomic E-state index is 0.0740. The number of amides is 1. The van der Waals surface area contributed by atoms with E-state index in [1.54, 1.807) is 6.92 Å². The van der Waals surface area contributed by atoms with Crippen LogP contribution in [0.5, 0.6) is 5.75 Å². The molecule has 0 bridgehead atoms. The van der Waals surface area contributed by atoms with Gasteiger partial charge in [-0.15, -0.1) is 0 Å². The summed E-state index contributed by atoms with van der Waals surface area (Å²) in [6.07, 6.45) is 0.418. The fraction of sp³-hybridized carbons (Fsp3) is 0.588. The minimum Gasteiger partial charge on any atom is -0.481 e. The van der Waals surface area contributed by atoms with Gasteiger partial charge in [0.1, 0.15) is 5.75 Å². The van der Waals surface area contributed by atoms with Crippen molar-refractivity contribution in [2.24, 2.45) is 0 Å². The third-order valence-corrected chi connectivity index (χ3v) is 3.30. The Labute approximate surface area is 128 Å². The van der Waals surface area contributed by atoms with E-state index in [-0.39, 0.29) is 11.9 Å². The zero-order chi connectivity index (χ0) is 15.8. The second kappa shape index (κ2) is 8.67. The van der Waals surface area contributed by atoms with Crippen molar-refractivity contribution in [1.82, 2.24) is 10.6 Å². The molecule has 0 radical (unpaired) electrons. The second-order valence-corrected chi connectivity index (χ2v) is 5.76. The first kappa shape index (κ1) is 17.5. The summed E-state index contributed by atoms with van der Waals surface area (Å²) in [4.78, 5) is 12.0. The zero-order valence-electron chi connectivity index (χ0n) is 13.8. The van der Waals surface area contributed by atoms with Gasteiger partial charge in [-0.2, -0.15) is 0 Å². The van der Waals surface area contributed by atoms with E-state index in [9.17, 15) is 4.79 Å². The van der Waals surface area contributed by atoms with E-state index >= 15 is 0 Å². The summed E-state index contributed by atoms with van der Waals surface area (Å²) in [5.74, 6) is 0.653. The molecule has 4 heteroatoms. The Balaban J connectivity index is 2.57. The molecule has 0 saturated carbocycles. The molecule has 0 aromatic heterocycles. The molecule has 2 atom stereocenters. The normalized spacial score (nSPS) is 13.8. The van der Waals surface area contributed by atoms with Gasteiger partial charge in [-0.1, -0.05) is 32.9 Å². The summed E-state index contributed by atoms with van der Waals surface area (Å²) in [6.45, 7) is 10.8. The SMILES string of the molecule is CCC(C)NC(=O)C(C)Oc1cccc(CNC(C)C)c1. The highest BCUT2D eigenvalue weighted by Crippen LogP contribution is 2.15. The van der Waals surface area contributed by atoms with E-state index in [2.05, 4.69) is 24.5 Å². The fourth-order valence-corrected chi connectivity index (χ4v) is 1.77. The first-order chi connectivity index (χ1) is 9.92. The lowest BCUT2D eigenvalue weighted by molar-refractivity contribution is -0.127. The zero-order valence-corrected chi connectivity index (χ0v) is 13.8. The molecule has 0 spiro atoms. The molecule has 2 unspecified atom stereocenters. The Kier molecular flexibility index (Phi) is 7.23. The number of nitrogens with one attached hydrogen (secondary N) is 2. The average Bonchev–Trinajstić information content (AvgIpc) is 2.45. The van der Waals surface area contributed by atoms with E-state index in [1.165, 1.54) is 0 Å². The largest absolute Gasteiger partial charge is 0.481 e. The van der Waals surface area contributed by atoms with Crippen molar-refractivity contribution in [3.05, 3.63) is 29.8 Å². The van der Waals surface area contributed by atoms with Crippen LogP contribution >= 0.6 is 0 Å². The van der Waals surface area contributed by atoms with Crippen LogP contribution < -0.4 is 15.4 Å². The molecule has 0 aliphatic heterocycles. The van der Waals surface area contributed by atoms with Gasteiger partial charge in [0.15, 0.2) is 6.10 Å². The van der Waals surface area contributed by atoms with Crippen molar-refractivity contribution in [2.45, 2.75) is 65.8 Å². The van der Waals surface area contributed by atoms with E-state index in [0.717, 1.165) is 24.3 Å². The lowest BCUT2D eigenvalue weighted by Gasteiger charge is -2.18. The summed E-state index contributed by atoms with van der Waals surface area (Å²) in [7, 11) is 0. The van der Waals surface area contributed by atoms with Gasteiger partial charge in [-0.25, -0.2) is 0 Å². The maximum Gasteiger partial charge on any atom is 0.260 e. The highest BCUT2D eigenvalue weighted by atomic mass is 16.5. The molecule has 4 nitrogen and oxygen atoms in total. The summed E-state index contributed by atoms with van der Waals surface area (Å²) in [5.41, 5.74) is 1.15. The van der Waals surface area contributed by atoms with Crippen LogP contribution in [0.4, 0.5) is 0 Å². The number of benzene rings is 1. The monoisotopic (exact) mass is 292 g/mol. The molecular weight excluding hydrogens is 264 g/mol. The molecule has 1 aromatic carbocycles. The second-order valence-electron chi connectivity index (χ2n) is 5.76. The Morgan fingerprint density at radius 2 is 1.95 bits per heavy atom. The fourth-order valence-electron chi connectivity index (χ4n) is 1.77. The molecule has 0 aliphatic carbocycles. The number of carbonyl (C=O) groups excluding carboxylic acids is 1. The van der Waals surface area contributed by atoms with Gasteiger partial charge in [0.25, 0.3) is 5.91 Å². The quantitative estimate of drug-likeness (QED) is 0.774. The number of rotatable bonds is 8. The van der Waals surface area contributed by atoms with Crippen molar-refractivity contribution in [2.75, 3.05) is 0 Å². The summed E-state index contributed by atoms with van der Waals surface area (Å²) in [6, 6.07) is 8.46. The van der Waals surface area contributed by atoms with Gasteiger partial charge < -0.3 is 15.4 Å². The maximum atomic E-state index is 12.0. The number of carbonyl (C=O) groups is 1. The predicted molar refractivity (Wildman–Crippen MR) is 86.4 cm³/mol. The molecule has 0 aliphatic rings. The first-order valence-corrected chi connectivity index (χ1v) is 7.71. The van der Waals surface area contributed by atoms with Gasteiger partial charge >= 0.3 is 0 Å². The first-order valence-electron chi connectivity index (χ1n) is 7.71. The van der Waals surface area contributed by atoms with E-state index in [0.29, 0.717) is 6.04 Å². The van der Waals surface area contributed by atoms with Crippen LogP contribution in [0, 0.1) is 0 Å². The van der Waals surface area contributed by atoms with Crippen LogP contribution in [0.2, 0.25) is 0 Å². The van der Waals surface area contributed by atoms with Gasteiger partial charge in [0.05, 0.1) is 0 Å². The molecular formula is C17H28N2O2. The van der Waals surface area contributed by atoms with Crippen LogP contribution in [0.15, 0.2) is 24.3 Å². The molecule has 21 heavy (non-hydrogen) atoms. The summed E-state index contributed by atoms with van der Waals surface area (Å²) < 4.78 is 5.73. The number of ether oxygens (including phenoxy) is 1. The standard InChI is InChI=1S/C17H28N2O2/c1-6-13(4)19-17(20)14(5)21-16-9-7-8-15(10-16)11-18-12(2)3/h7-10,12-14,18H,6,11H2,1-5H3,(H,19,20). The number of hydrogen-bond acceptors (Lipinski definition) is 3. The van der Waals surface area contributed by atoms with Crippen molar-refractivity contribution >= 4 is 5.91 Å². The summed E-state index contributed by atoms with van der Waals surface area (Å²) >= 11 is 0. The van der Waals surface area contributed by atoms with Crippen molar-refractivity contribution in [3.63, 3.8) is 0 Å². The Hall–Kier alpha value is -1.55. The average molecular weight is 292 g/mol. The lowest BCUT2D eigenvalue weighted by atomic mass is 10.2. The van der Waals surface area contributed by atoms with E-state index < -0.39 is 6.10 Å². The molecule has 1 aromatic rings. The Morgan fingerprint density at radius 3 is 2.57 bits per heavy atom. The molecule has 0 fully saturated rings. The van der Waals surface area contributed by atoms with Crippen LogP contribution in [0.1, 0.15) is 46.6 Å². The lowest BCUT2D eigenvalue weighted by Crippen LogP contribution is -2.41. The molecule has 1 rings (SSSR count). The maximum absolute atomic E-state index is 12.0. The van der Waals surface area contributed by atoms with Gasteiger partial charge in [-0.3, -0.25) is 4.79 Å². The van der Waals surface area contributed by atoms with Gasteiger partial charge in [-0.05, 0) is 38.0 Å². The topological polar surface area (TPSA) is 50.4 Å². The smallest absolute Gasteiger partial charge is 0.260 e. The van der Waals surface area contributed by atoms with Crippen LogP contribution in [0.25, 0.3) is 0 Å². The highest BCUT2D eigenvalue weighted by molar-refractivity contribution is 5.80. The molecule has 1 amide bonds. The molecule has 0 saturated heterocycles. The predicted octanol–water partition coefficient (Wildman–Crippen LogP) is 2.87. The van der Waals surface area contributed by atoms with Crippen LogP contribution in [-0.2, 0) is 11.3 Å². The molecule has 0 heterocycles. The van der Waals surface area contributed by atoms with Crippen LogP contribution in [-0.4, -0.2) is 24.1 Å². The van der Waals surface area contributed by atoms with Crippen molar-refractivity contribution in [3.8, 4) is 5.75 Å². The van der Waals surface area contributed by atoms with E-state index in [1.807, 2.05) is 38.1 Å². The summed E-state index contributed by atoms with van der Waals surface area (Å²) in [5, 5.41) is 6.29.